The van der Waals surface area contributed by atoms with Gasteiger partial charge >= 0.3 is 0 Å². The third kappa shape index (κ3) is 4.51. The van der Waals surface area contributed by atoms with E-state index in [1.54, 1.807) is 12.1 Å². The number of aliphatic hydroxyl groups is 1. The van der Waals surface area contributed by atoms with E-state index < -0.39 is 0 Å². The van der Waals surface area contributed by atoms with Crippen LogP contribution in [0.5, 0.6) is 5.75 Å². The summed E-state index contributed by atoms with van der Waals surface area (Å²) in [6.07, 6.45) is 2.59. The predicted octanol–water partition coefficient (Wildman–Crippen LogP) is 2.11. The van der Waals surface area contributed by atoms with Gasteiger partial charge in [-0.25, -0.2) is 0 Å². The zero-order valence-corrected chi connectivity index (χ0v) is 12.2. The summed E-state index contributed by atoms with van der Waals surface area (Å²) in [5.41, 5.74) is 0. The third-order valence-electron chi connectivity index (χ3n) is 3.36. The molecule has 2 N–H and O–H groups in total. The molecule has 2 unspecified atom stereocenters. The van der Waals surface area contributed by atoms with E-state index in [1.165, 1.54) is 0 Å². The second kappa shape index (κ2) is 6.91. The molecule has 1 aromatic carbocycles. The van der Waals surface area contributed by atoms with Gasteiger partial charge in [0, 0.05) is 16.9 Å². The second-order valence-corrected chi connectivity index (χ2v) is 5.72. The lowest BCUT2D eigenvalue weighted by Crippen LogP contribution is -2.35. The summed E-state index contributed by atoms with van der Waals surface area (Å²) in [7, 11) is 0. The summed E-state index contributed by atoms with van der Waals surface area (Å²) in [6, 6.07) is 7.33. The maximum Gasteiger partial charge on any atom is 0.257 e. The number of hydrogen-bond acceptors (Lipinski definition) is 3. The number of rotatable bonds is 5. The SMILES string of the molecule is O=C(COc1ccc(Br)cc1)NCC1CCCC1O. The fourth-order valence-corrected chi connectivity index (χ4v) is 2.50. The van der Waals surface area contributed by atoms with Crippen LogP contribution < -0.4 is 10.1 Å². The van der Waals surface area contributed by atoms with Gasteiger partial charge in [-0.15, -0.1) is 0 Å². The quantitative estimate of drug-likeness (QED) is 0.870. The van der Waals surface area contributed by atoms with Crippen molar-refractivity contribution in [2.24, 2.45) is 5.92 Å². The molecular formula is C14H18BrNO3. The summed E-state index contributed by atoms with van der Waals surface area (Å²) in [5, 5.41) is 12.5. The van der Waals surface area contributed by atoms with E-state index in [4.69, 9.17) is 4.74 Å². The molecule has 1 saturated carbocycles. The second-order valence-electron chi connectivity index (χ2n) is 4.81. The van der Waals surface area contributed by atoms with Gasteiger partial charge in [0.1, 0.15) is 5.75 Å². The molecule has 1 aliphatic rings. The van der Waals surface area contributed by atoms with Crippen molar-refractivity contribution in [2.45, 2.75) is 25.4 Å². The molecule has 0 saturated heterocycles. The number of hydrogen-bond donors (Lipinski definition) is 2. The highest BCUT2D eigenvalue weighted by Gasteiger charge is 2.25. The van der Waals surface area contributed by atoms with Gasteiger partial charge in [0.25, 0.3) is 5.91 Å². The highest BCUT2D eigenvalue weighted by atomic mass is 79.9. The average molecular weight is 328 g/mol. The van der Waals surface area contributed by atoms with Gasteiger partial charge < -0.3 is 15.2 Å². The molecular weight excluding hydrogens is 310 g/mol. The third-order valence-corrected chi connectivity index (χ3v) is 3.89. The van der Waals surface area contributed by atoms with Crippen molar-refractivity contribution in [3.05, 3.63) is 28.7 Å². The lowest BCUT2D eigenvalue weighted by atomic mass is 10.1. The number of nitrogens with one attached hydrogen (secondary N) is 1. The molecule has 19 heavy (non-hydrogen) atoms. The van der Waals surface area contributed by atoms with Gasteiger partial charge in [-0.05, 0) is 37.1 Å². The van der Waals surface area contributed by atoms with E-state index in [0.717, 1.165) is 23.7 Å². The number of ether oxygens (including phenoxy) is 1. The highest BCUT2D eigenvalue weighted by molar-refractivity contribution is 9.10. The molecule has 0 heterocycles. The van der Waals surface area contributed by atoms with Crippen molar-refractivity contribution in [3.8, 4) is 5.75 Å². The minimum absolute atomic E-state index is 0.00441. The van der Waals surface area contributed by atoms with Crippen molar-refractivity contribution in [1.82, 2.24) is 5.32 Å². The smallest absolute Gasteiger partial charge is 0.257 e. The Morgan fingerprint density at radius 2 is 2.11 bits per heavy atom. The van der Waals surface area contributed by atoms with Crippen molar-refractivity contribution in [2.75, 3.05) is 13.2 Å². The molecule has 1 aromatic rings. The first-order chi connectivity index (χ1) is 9.15. The molecule has 0 aromatic heterocycles. The maximum absolute atomic E-state index is 11.6. The van der Waals surface area contributed by atoms with Crippen LogP contribution in [0.2, 0.25) is 0 Å². The summed E-state index contributed by atoms with van der Waals surface area (Å²) in [6.45, 7) is 0.536. The molecule has 2 atom stereocenters. The van der Waals surface area contributed by atoms with Gasteiger partial charge in [-0.1, -0.05) is 22.4 Å². The average Bonchev–Trinajstić information content (AvgIpc) is 2.81. The van der Waals surface area contributed by atoms with Gasteiger partial charge in [0.15, 0.2) is 6.61 Å². The molecule has 1 aliphatic carbocycles. The van der Waals surface area contributed by atoms with Crippen LogP contribution >= 0.6 is 15.9 Å². The van der Waals surface area contributed by atoms with Crippen molar-refractivity contribution in [3.63, 3.8) is 0 Å². The topological polar surface area (TPSA) is 58.6 Å². The van der Waals surface area contributed by atoms with Crippen LogP contribution in [0.25, 0.3) is 0 Å². The maximum atomic E-state index is 11.6. The zero-order valence-electron chi connectivity index (χ0n) is 10.6. The molecule has 0 aliphatic heterocycles. The summed E-state index contributed by atoms with van der Waals surface area (Å²) >= 11 is 3.34. The normalized spacial score (nSPS) is 22.2. The van der Waals surface area contributed by atoms with Gasteiger partial charge in [-0.2, -0.15) is 0 Å². The zero-order chi connectivity index (χ0) is 13.7. The molecule has 4 nitrogen and oxygen atoms in total. The standard InChI is InChI=1S/C14H18BrNO3/c15-11-4-6-12(7-5-11)19-9-14(18)16-8-10-2-1-3-13(10)17/h4-7,10,13,17H,1-3,8-9H2,(H,16,18). The van der Waals surface area contributed by atoms with E-state index in [-0.39, 0.29) is 24.5 Å². The first-order valence-electron chi connectivity index (χ1n) is 6.48. The van der Waals surface area contributed by atoms with Crippen molar-refractivity contribution < 1.29 is 14.6 Å². The fraction of sp³-hybridized carbons (Fsp3) is 0.500. The Morgan fingerprint density at radius 1 is 1.37 bits per heavy atom. The Bertz CT molecular complexity index is 421. The van der Waals surface area contributed by atoms with Gasteiger partial charge in [0.05, 0.1) is 6.10 Å². The van der Waals surface area contributed by atoms with Crippen LogP contribution in [0.15, 0.2) is 28.7 Å². The van der Waals surface area contributed by atoms with Gasteiger partial charge in [0.2, 0.25) is 0 Å². The Balaban J connectivity index is 1.68. The van der Waals surface area contributed by atoms with Crippen molar-refractivity contribution >= 4 is 21.8 Å². The predicted molar refractivity (Wildman–Crippen MR) is 76.0 cm³/mol. The van der Waals surface area contributed by atoms with Crippen LogP contribution in [-0.4, -0.2) is 30.3 Å². The number of carbonyl (C=O) groups excluding carboxylic acids is 1. The largest absolute Gasteiger partial charge is 0.484 e. The summed E-state index contributed by atoms with van der Waals surface area (Å²) in [5.74, 6) is 0.706. The van der Waals surface area contributed by atoms with Crippen LogP contribution in [0.1, 0.15) is 19.3 Å². The Hall–Kier alpha value is -1.07. The minimum Gasteiger partial charge on any atom is -0.484 e. The molecule has 0 radical (unpaired) electrons. The number of benzene rings is 1. The van der Waals surface area contributed by atoms with Gasteiger partial charge in [-0.3, -0.25) is 4.79 Å². The number of amides is 1. The molecule has 0 spiro atoms. The van der Waals surface area contributed by atoms with E-state index in [2.05, 4.69) is 21.2 Å². The van der Waals surface area contributed by atoms with E-state index >= 15 is 0 Å². The highest BCUT2D eigenvalue weighted by Crippen LogP contribution is 2.24. The number of halogens is 1. The lowest BCUT2D eigenvalue weighted by molar-refractivity contribution is -0.123. The monoisotopic (exact) mass is 327 g/mol. The van der Waals surface area contributed by atoms with Crippen LogP contribution in [-0.2, 0) is 4.79 Å². The molecule has 0 bridgehead atoms. The Labute approximate surface area is 121 Å². The first-order valence-corrected chi connectivity index (χ1v) is 7.27. The summed E-state index contributed by atoms with van der Waals surface area (Å²) in [4.78, 5) is 11.6. The van der Waals surface area contributed by atoms with E-state index in [1.807, 2.05) is 12.1 Å². The van der Waals surface area contributed by atoms with Crippen LogP contribution in [0.3, 0.4) is 0 Å². The Morgan fingerprint density at radius 3 is 2.74 bits per heavy atom. The lowest BCUT2D eigenvalue weighted by Gasteiger charge is -2.15. The van der Waals surface area contributed by atoms with E-state index in [9.17, 15) is 9.90 Å². The molecule has 104 valence electrons. The number of carbonyl (C=O) groups is 1. The molecule has 1 fully saturated rings. The fourth-order valence-electron chi connectivity index (χ4n) is 2.23. The molecule has 2 rings (SSSR count). The minimum atomic E-state index is -0.271. The first kappa shape index (κ1) is 14.3. The van der Waals surface area contributed by atoms with Crippen LogP contribution in [0.4, 0.5) is 0 Å². The Kier molecular flexibility index (Phi) is 5.22. The van der Waals surface area contributed by atoms with Crippen molar-refractivity contribution in [1.29, 1.82) is 0 Å². The van der Waals surface area contributed by atoms with E-state index in [0.29, 0.717) is 12.3 Å². The van der Waals surface area contributed by atoms with Crippen LogP contribution in [0, 0.1) is 5.92 Å². The number of aliphatic hydroxyl groups excluding tert-OH is 1. The molecule has 5 heteroatoms. The summed E-state index contributed by atoms with van der Waals surface area (Å²) < 4.78 is 6.34. The molecule has 1 amide bonds.